The Hall–Kier alpha value is -2.13. The topological polar surface area (TPSA) is 24.1 Å². The van der Waals surface area contributed by atoms with E-state index in [9.17, 15) is 30.7 Å². The molecule has 3 unspecified atom stereocenters. The molecule has 9 heteroatoms. The summed E-state index contributed by atoms with van der Waals surface area (Å²) in [6, 6.07) is 6.22. The van der Waals surface area contributed by atoms with Crippen molar-refractivity contribution in [2.75, 3.05) is 6.54 Å². The molecule has 2 aromatic carbocycles. The van der Waals surface area contributed by atoms with E-state index in [2.05, 4.69) is 10.6 Å². The average Bonchev–Trinajstić information content (AvgIpc) is 2.67. The molecule has 0 amide bonds. The molecule has 1 aliphatic heterocycles. The molecular weight excluding hydrogens is 413 g/mol. The highest BCUT2D eigenvalue weighted by molar-refractivity contribution is 5.35. The Morgan fingerprint density at radius 1 is 0.933 bits per heavy atom. The lowest BCUT2D eigenvalue weighted by Crippen LogP contribution is -2.46. The van der Waals surface area contributed by atoms with Gasteiger partial charge in [0.1, 0.15) is 5.82 Å². The lowest BCUT2D eigenvalue weighted by Gasteiger charge is -2.36. The molecule has 30 heavy (non-hydrogen) atoms. The zero-order valence-electron chi connectivity index (χ0n) is 16.0. The molecule has 2 nitrogen and oxygen atoms in total. The third-order valence-corrected chi connectivity index (χ3v) is 5.26. The summed E-state index contributed by atoms with van der Waals surface area (Å²) in [5.74, 6) is -0.393. The van der Waals surface area contributed by atoms with Gasteiger partial charge >= 0.3 is 12.4 Å². The van der Waals surface area contributed by atoms with Crippen LogP contribution in [0.3, 0.4) is 0 Å². The average molecular weight is 434 g/mol. The maximum absolute atomic E-state index is 13.2. The summed E-state index contributed by atoms with van der Waals surface area (Å²) in [6.45, 7) is 2.24. The number of rotatable bonds is 4. The van der Waals surface area contributed by atoms with Gasteiger partial charge in [0.15, 0.2) is 0 Å². The van der Waals surface area contributed by atoms with Gasteiger partial charge in [-0.3, -0.25) is 0 Å². The fraction of sp³-hybridized carbons (Fsp3) is 0.429. The molecule has 1 aliphatic rings. The minimum absolute atomic E-state index is 0.0967. The van der Waals surface area contributed by atoms with Crippen molar-refractivity contribution in [2.24, 2.45) is 0 Å². The second-order valence-corrected chi connectivity index (χ2v) is 7.46. The number of alkyl halides is 6. The number of hydrogen-bond acceptors (Lipinski definition) is 2. The van der Waals surface area contributed by atoms with Gasteiger partial charge in [-0.2, -0.15) is 26.3 Å². The van der Waals surface area contributed by atoms with Crippen molar-refractivity contribution in [1.82, 2.24) is 10.6 Å². The number of nitrogens with one attached hydrogen (secondary N) is 2. The Kier molecular flexibility index (Phi) is 6.43. The van der Waals surface area contributed by atoms with Crippen LogP contribution in [0.4, 0.5) is 30.7 Å². The number of piperidine rings is 1. The van der Waals surface area contributed by atoms with Crippen LogP contribution in [-0.4, -0.2) is 12.6 Å². The molecular formula is C21H21F7N2. The maximum atomic E-state index is 13.2. The first-order chi connectivity index (χ1) is 13.9. The van der Waals surface area contributed by atoms with Crippen molar-refractivity contribution in [1.29, 1.82) is 0 Å². The van der Waals surface area contributed by atoms with Crippen LogP contribution in [0.5, 0.6) is 0 Å². The lowest BCUT2D eigenvalue weighted by atomic mass is 9.90. The summed E-state index contributed by atoms with van der Waals surface area (Å²) in [5, 5.41) is 6.45. The lowest BCUT2D eigenvalue weighted by molar-refractivity contribution is -0.143. The quantitative estimate of drug-likeness (QED) is 0.576. The fourth-order valence-electron chi connectivity index (χ4n) is 3.73. The van der Waals surface area contributed by atoms with E-state index in [-0.39, 0.29) is 23.7 Å². The molecule has 0 aromatic heterocycles. The van der Waals surface area contributed by atoms with E-state index in [1.807, 2.05) is 0 Å². The minimum Gasteiger partial charge on any atom is -0.309 e. The molecule has 1 fully saturated rings. The van der Waals surface area contributed by atoms with E-state index in [1.165, 1.54) is 19.1 Å². The van der Waals surface area contributed by atoms with Gasteiger partial charge in [0.05, 0.1) is 11.1 Å². The smallest absolute Gasteiger partial charge is 0.309 e. The first-order valence-electron chi connectivity index (χ1n) is 9.49. The second-order valence-electron chi connectivity index (χ2n) is 7.46. The Morgan fingerprint density at radius 3 is 2.03 bits per heavy atom. The van der Waals surface area contributed by atoms with Gasteiger partial charge in [-0.25, -0.2) is 4.39 Å². The molecule has 1 saturated heterocycles. The summed E-state index contributed by atoms with van der Waals surface area (Å²) >= 11 is 0. The third kappa shape index (κ3) is 5.31. The number of benzene rings is 2. The number of hydrogen-bond donors (Lipinski definition) is 2. The van der Waals surface area contributed by atoms with E-state index >= 15 is 0 Å². The van der Waals surface area contributed by atoms with E-state index < -0.39 is 35.3 Å². The maximum Gasteiger partial charge on any atom is 0.416 e. The van der Waals surface area contributed by atoms with Gasteiger partial charge in [0.2, 0.25) is 0 Å². The molecule has 0 saturated carbocycles. The highest BCUT2D eigenvalue weighted by atomic mass is 19.4. The molecule has 0 spiro atoms. The van der Waals surface area contributed by atoms with Gasteiger partial charge in [-0.15, -0.1) is 0 Å². The van der Waals surface area contributed by atoms with Crippen molar-refractivity contribution in [3.8, 4) is 0 Å². The molecule has 1 heterocycles. The van der Waals surface area contributed by atoms with E-state index in [0.29, 0.717) is 13.0 Å². The molecule has 3 rings (SSSR count). The highest BCUT2D eigenvalue weighted by Crippen LogP contribution is 2.38. The van der Waals surface area contributed by atoms with Crippen molar-refractivity contribution < 1.29 is 30.7 Å². The van der Waals surface area contributed by atoms with Crippen LogP contribution in [0.1, 0.15) is 54.1 Å². The summed E-state index contributed by atoms with van der Waals surface area (Å²) in [4.78, 5) is 0. The number of halogens is 7. The van der Waals surface area contributed by atoms with Gasteiger partial charge in [-0.1, -0.05) is 12.1 Å². The normalized spacial score (nSPS) is 21.5. The van der Waals surface area contributed by atoms with Gasteiger partial charge < -0.3 is 10.6 Å². The predicted octanol–water partition coefficient (Wildman–Crippen LogP) is 6.01. The SMILES string of the molecule is CC(NC1CCCNC1c1ccc(F)cc1)c1cc(C(F)(F)F)cc(C(F)(F)F)c1. The Morgan fingerprint density at radius 2 is 1.50 bits per heavy atom. The summed E-state index contributed by atoms with van der Waals surface area (Å²) < 4.78 is 92.1. The summed E-state index contributed by atoms with van der Waals surface area (Å²) in [5.41, 5.74) is -1.97. The van der Waals surface area contributed by atoms with Crippen LogP contribution in [-0.2, 0) is 12.4 Å². The van der Waals surface area contributed by atoms with Crippen LogP contribution in [0.15, 0.2) is 42.5 Å². The second kappa shape index (κ2) is 8.55. The standard InChI is InChI=1S/C21H21F7N2/c1-12(14-9-15(20(23,24)25)11-16(10-14)21(26,27)28)30-18-3-2-8-29-19(18)13-4-6-17(22)7-5-13/h4-7,9-12,18-19,29-30H,2-3,8H2,1H3. The highest BCUT2D eigenvalue weighted by Gasteiger charge is 2.37. The fourth-order valence-corrected chi connectivity index (χ4v) is 3.73. The van der Waals surface area contributed by atoms with E-state index in [4.69, 9.17) is 0 Å². The third-order valence-electron chi connectivity index (χ3n) is 5.26. The minimum atomic E-state index is -4.89. The van der Waals surface area contributed by atoms with Crippen LogP contribution < -0.4 is 10.6 Å². The molecule has 0 aliphatic carbocycles. The molecule has 164 valence electrons. The Bertz CT molecular complexity index is 827. The van der Waals surface area contributed by atoms with Crippen molar-refractivity contribution >= 4 is 0 Å². The van der Waals surface area contributed by atoms with Crippen molar-refractivity contribution in [3.63, 3.8) is 0 Å². The monoisotopic (exact) mass is 434 g/mol. The molecule has 0 bridgehead atoms. The van der Waals surface area contributed by atoms with E-state index in [1.54, 1.807) is 12.1 Å². The van der Waals surface area contributed by atoms with Crippen molar-refractivity contribution in [2.45, 2.75) is 50.2 Å². The predicted molar refractivity (Wildman–Crippen MR) is 98.2 cm³/mol. The summed E-state index contributed by atoms with van der Waals surface area (Å²) in [6.07, 6.45) is -8.32. The van der Waals surface area contributed by atoms with Crippen molar-refractivity contribution in [3.05, 3.63) is 70.5 Å². The Labute approximate surface area is 169 Å². The zero-order valence-corrected chi connectivity index (χ0v) is 16.0. The largest absolute Gasteiger partial charge is 0.416 e. The molecule has 3 atom stereocenters. The van der Waals surface area contributed by atoms with Gasteiger partial charge in [0, 0.05) is 18.1 Å². The first kappa shape index (κ1) is 22.6. The van der Waals surface area contributed by atoms with E-state index in [0.717, 1.165) is 24.1 Å². The van der Waals surface area contributed by atoms with Gasteiger partial charge in [0.25, 0.3) is 0 Å². The van der Waals surface area contributed by atoms with Crippen LogP contribution in [0, 0.1) is 5.82 Å². The molecule has 2 N–H and O–H groups in total. The molecule has 0 radical (unpaired) electrons. The Balaban J connectivity index is 1.88. The first-order valence-corrected chi connectivity index (χ1v) is 9.49. The van der Waals surface area contributed by atoms with Crippen LogP contribution in [0.2, 0.25) is 0 Å². The van der Waals surface area contributed by atoms with Gasteiger partial charge in [-0.05, 0) is 67.8 Å². The summed E-state index contributed by atoms with van der Waals surface area (Å²) in [7, 11) is 0. The molecule has 2 aromatic rings. The van der Waals surface area contributed by atoms with Crippen LogP contribution in [0.25, 0.3) is 0 Å². The van der Waals surface area contributed by atoms with Crippen LogP contribution >= 0.6 is 0 Å². The zero-order chi connectivity index (χ0) is 22.1.